The first-order valence-electron chi connectivity index (χ1n) is 7.61. The maximum atomic E-state index is 12.5. The van der Waals surface area contributed by atoms with Crippen LogP contribution in [-0.4, -0.2) is 48.6 Å². The number of hydrogen-bond donors (Lipinski definition) is 1. The predicted octanol–water partition coefficient (Wildman–Crippen LogP) is 1.18. The second-order valence-electron chi connectivity index (χ2n) is 6.57. The maximum absolute atomic E-state index is 12.5. The molecule has 0 aromatic carbocycles. The van der Waals surface area contributed by atoms with E-state index in [1.807, 2.05) is 6.92 Å². The molecule has 0 aromatic rings. The van der Waals surface area contributed by atoms with Crippen molar-refractivity contribution < 1.29 is 14.3 Å². The van der Waals surface area contributed by atoms with Crippen molar-refractivity contribution in [2.24, 2.45) is 11.8 Å². The Morgan fingerprint density at radius 2 is 2.10 bits per heavy atom. The Morgan fingerprint density at radius 3 is 2.70 bits per heavy atom. The van der Waals surface area contributed by atoms with E-state index in [9.17, 15) is 9.59 Å². The molecule has 2 aliphatic rings. The van der Waals surface area contributed by atoms with Gasteiger partial charge in [0.05, 0.1) is 6.54 Å². The fourth-order valence-electron chi connectivity index (χ4n) is 2.75. The van der Waals surface area contributed by atoms with Crippen molar-refractivity contribution >= 4 is 11.8 Å². The van der Waals surface area contributed by atoms with Crippen LogP contribution in [0.5, 0.6) is 0 Å². The summed E-state index contributed by atoms with van der Waals surface area (Å²) < 4.78 is 5.52. The van der Waals surface area contributed by atoms with Crippen molar-refractivity contribution in [3.8, 4) is 0 Å². The number of carbonyl (C=O) groups excluding carboxylic acids is 2. The summed E-state index contributed by atoms with van der Waals surface area (Å²) in [5.74, 6) is 0.875. The topological polar surface area (TPSA) is 58.6 Å². The summed E-state index contributed by atoms with van der Waals surface area (Å²) >= 11 is 0. The largest absolute Gasteiger partial charge is 0.381 e. The van der Waals surface area contributed by atoms with Crippen LogP contribution < -0.4 is 5.32 Å². The zero-order valence-electron chi connectivity index (χ0n) is 12.8. The quantitative estimate of drug-likeness (QED) is 0.713. The van der Waals surface area contributed by atoms with Gasteiger partial charge in [0.25, 0.3) is 0 Å². The van der Waals surface area contributed by atoms with Crippen molar-refractivity contribution in [1.82, 2.24) is 10.2 Å². The summed E-state index contributed by atoms with van der Waals surface area (Å²) in [4.78, 5) is 26.0. The second-order valence-corrected chi connectivity index (χ2v) is 6.57. The van der Waals surface area contributed by atoms with Gasteiger partial charge in [-0.1, -0.05) is 13.8 Å². The van der Waals surface area contributed by atoms with E-state index in [2.05, 4.69) is 19.2 Å². The van der Waals surface area contributed by atoms with Crippen LogP contribution in [-0.2, 0) is 14.3 Å². The minimum atomic E-state index is -0.672. The minimum absolute atomic E-state index is 0.0397. The van der Waals surface area contributed by atoms with Crippen molar-refractivity contribution in [3.05, 3.63) is 0 Å². The average Bonchev–Trinajstić information content (AvgIpc) is 3.18. The van der Waals surface area contributed by atoms with Crippen LogP contribution in [0.1, 0.15) is 40.0 Å². The van der Waals surface area contributed by atoms with Crippen LogP contribution in [0.25, 0.3) is 0 Å². The fraction of sp³-hybridized carbons (Fsp3) is 0.867. The van der Waals surface area contributed by atoms with E-state index in [1.165, 1.54) is 0 Å². The highest BCUT2D eigenvalue weighted by atomic mass is 16.5. The molecular weight excluding hydrogens is 256 g/mol. The van der Waals surface area contributed by atoms with Gasteiger partial charge in [0.1, 0.15) is 5.54 Å². The third kappa shape index (κ3) is 3.51. The van der Waals surface area contributed by atoms with Crippen molar-refractivity contribution in [1.29, 1.82) is 0 Å². The molecule has 5 heteroatoms. The average molecular weight is 282 g/mol. The summed E-state index contributed by atoms with van der Waals surface area (Å²) in [5, 5.41) is 2.89. The lowest BCUT2D eigenvalue weighted by molar-refractivity contribution is -0.150. The van der Waals surface area contributed by atoms with Gasteiger partial charge in [0.15, 0.2) is 0 Å². The van der Waals surface area contributed by atoms with Crippen molar-refractivity contribution in [3.63, 3.8) is 0 Å². The summed E-state index contributed by atoms with van der Waals surface area (Å²) in [6, 6.07) is 0. The molecule has 2 fully saturated rings. The number of hydrogen-bond acceptors (Lipinski definition) is 3. The molecule has 20 heavy (non-hydrogen) atoms. The molecule has 0 bridgehead atoms. The van der Waals surface area contributed by atoms with Crippen LogP contribution >= 0.6 is 0 Å². The monoisotopic (exact) mass is 282 g/mol. The Kier molecular flexibility index (Phi) is 4.68. The molecule has 1 N–H and O–H groups in total. The zero-order valence-corrected chi connectivity index (χ0v) is 12.8. The van der Waals surface area contributed by atoms with Crippen LogP contribution in [0.15, 0.2) is 0 Å². The molecular formula is C15H26N2O3. The molecule has 0 aromatic heterocycles. The van der Waals surface area contributed by atoms with Crippen molar-refractivity contribution in [2.75, 3.05) is 26.3 Å². The van der Waals surface area contributed by atoms with E-state index in [0.717, 1.165) is 25.9 Å². The standard InChI is InChI=1S/C15H26N2O3/c1-11(2)10-20-8-4-7-17-9-13(18)16-15(3,14(17)19)12-5-6-12/h11-12H,4-10H2,1-3H3,(H,16,18). The van der Waals surface area contributed by atoms with E-state index in [0.29, 0.717) is 25.0 Å². The van der Waals surface area contributed by atoms with E-state index < -0.39 is 5.54 Å². The number of carbonyl (C=O) groups is 2. The van der Waals surface area contributed by atoms with Crippen LogP contribution in [0.2, 0.25) is 0 Å². The van der Waals surface area contributed by atoms with Gasteiger partial charge in [-0.2, -0.15) is 0 Å². The molecule has 1 atom stereocenters. The second kappa shape index (κ2) is 6.12. The first kappa shape index (κ1) is 15.3. The SMILES string of the molecule is CC(C)COCCCN1CC(=O)NC(C)(C2CC2)C1=O. The van der Waals surface area contributed by atoms with Gasteiger partial charge in [0, 0.05) is 19.8 Å². The van der Waals surface area contributed by atoms with Crippen LogP contribution in [0, 0.1) is 11.8 Å². The Hall–Kier alpha value is -1.10. The first-order chi connectivity index (χ1) is 9.43. The van der Waals surface area contributed by atoms with Crippen LogP contribution in [0.3, 0.4) is 0 Å². The molecule has 1 aliphatic carbocycles. The number of nitrogens with zero attached hydrogens (tertiary/aromatic N) is 1. The van der Waals surface area contributed by atoms with E-state index in [1.54, 1.807) is 4.90 Å². The molecule has 0 spiro atoms. The summed E-state index contributed by atoms with van der Waals surface area (Å²) in [6.45, 7) is 8.27. The molecule has 1 heterocycles. The Balaban J connectivity index is 1.81. The lowest BCUT2D eigenvalue weighted by Crippen LogP contribution is -2.66. The first-order valence-corrected chi connectivity index (χ1v) is 7.61. The van der Waals surface area contributed by atoms with E-state index in [-0.39, 0.29) is 18.4 Å². The Morgan fingerprint density at radius 1 is 1.40 bits per heavy atom. The normalized spacial score (nSPS) is 27.1. The Bertz CT molecular complexity index is 379. The summed E-state index contributed by atoms with van der Waals surface area (Å²) in [5.41, 5.74) is -0.672. The summed E-state index contributed by atoms with van der Waals surface area (Å²) in [6.07, 6.45) is 2.86. The van der Waals surface area contributed by atoms with Gasteiger partial charge >= 0.3 is 0 Å². The maximum Gasteiger partial charge on any atom is 0.248 e. The highest BCUT2D eigenvalue weighted by Gasteiger charge is 2.52. The third-order valence-corrected chi connectivity index (χ3v) is 4.03. The third-order valence-electron chi connectivity index (χ3n) is 4.03. The highest BCUT2D eigenvalue weighted by molar-refractivity contribution is 5.98. The zero-order chi connectivity index (χ0) is 14.8. The highest BCUT2D eigenvalue weighted by Crippen LogP contribution is 2.41. The van der Waals surface area contributed by atoms with Gasteiger partial charge in [-0.25, -0.2) is 0 Å². The smallest absolute Gasteiger partial charge is 0.248 e. The van der Waals surface area contributed by atoms with E-state index in [4.69, 9.17) is 4.74 Å². The number of rotatable bonds is 7. The lowest BCUT2D eigenvalue weighted by atomic mass is 9.91. The van der Waals surface area contributed by atoms with Gasteiger partial charge in [-0.05, 0) is 38.0 Å². The van der Waals surface area contributed by atoms with Gasteiger partial charge < -0.3 is 15.0 Å². The van der Waals surface area contributed by atoms with E-state index >= 15 is 0 Å². The Labute approximate surface area is 121 Å². The van der Waals surface area contributed by atoms with Gasteiger partial charge in [-0.3, -0.25) is 9.59 Å². The number of nitrogens with one attached hydrogen (secondary N) is 1. The molecule has 1 unspecified atom stereocenters. The molecule has 1 saturated carbocycles. The van der Waals surface area contributed by atoms with Crippen molar-refractivity contribution in [2.45, 2.75) is 45.6 Å². The number of piperazine rings is 1. The van der Waals surface area contributed by atoms with Gasteiger partial charge in [-0.15, -0.1) is 0 Å². The number of amides is 2. The summed E-state index contributed by atoms with van der Waals surface area (Å²) in [7, 11) is 0. The lowest BCUT2D eigenvalue weighted by Gasteiger charge is -2.40. The van der Waals surface area contributed by atoms with Crippen LogP contribution in [0.4, 0.5) is 0 Å². The predicted molar refractivity (Wildman–Crippen MR) is 76.1 cm³/mol. The molecule has 2 amide bonds. The molecule has 1 aliphatic heterocycles. The molecule has 2 rings (SSSR count). The minimum Gasteiger partial charge on any atom is -0.381 e. The number of ether oxygens (including phenoxy) is 1. The molecule has 114 valence electrons. The molecule has 1 saturated heterocycles. The fourth-order valence-corrected chi connectivity index (χ4v) is 2.75. The molecule has 5 nitrogen and oxygen atoms in total. The van der Waals surface area contributed by atoms with Gasteiger partial charge in [0.2, 0.25) is 11.8 Å². The molecule has 0 radical (unpaired) electrons.